The summed E-state index contributed by atoms with van der Waals surface area (Å²) >= 11 is 0. The van der Waals surface area contributed by atoms with E-state index in [9.17, 15) is 4.79 Å². The maximum absolute atomic E-state index is 11.9. The Bertz CT molecular complexity index is 220. The molecule has 2 fully saturated rings. The lowest BCUT2D eigenvalue weighted by molar-refractivity contribution is -0.126. The van der Waals surface area contributed by atoms with Crippen LogP contribution >= 0.6 is 0 Å². The van der Waals surface area contributed by atoms with Crippen molar-refractivity contribution in [2.24, 2.45) is 17.6 Å². The average molecular weight is 210 g/mol. The van der Waals surface area contributed by atoms with E-state index in [1.165, 1.54) is 32.1 Å². The molecule has 0 aromatic carbocycles. The highest BCUT2D eigenvalue weighted by Crippen LogP contribution is 2.32. The van der Waals surface area contributed by atoms with Gasteiger partial charge in [-0.25, -0.2) is 0 Å². The number of rotatable bonds is 4. The fourth-order valence-corrected chi connectivity index (χ4v) is 2.53. The van der Waals surface area contributed by atoms with Crippen LogP contribution in [0.4, 0.5) is 0 Å². The molecule has 2 aliphatic rings. The van der Waals surface area contributed by atoms with Gasteiger partial charge in [-0.05, 0) is 31.6 Å². The van der Waals surface area contributed by atoms with Crippen LogP contribution in [0, 0.1) is 11.8 Å². The van der Waals surface area contributed by atoms with Crippen LogP contribution in [0.25, 0.3) is 0 Å². The molecule has 1 atom stereocenters. The first-order chi connectivity index (χ1) is 7.31. The monoisotopic (exact) mass is 210 g/mol. The third-order valence-corrected chi connectivity index (χ3v) is 3.75. The Hall–Kier alpha value is -0.570. The Labute approximate surface area is 91.8 Å². The van der Waals surface area contributed by atoms with Crippen molar-refractivity contribution in [1.82, 2.24) is 5.32 Å². The predicted molar refractivity (Wildman–Crippen MR) is 60.3 cm³/mol. The van der Waals surface area contributed by atoms with Crippen LogP contribution in [0.2, 0.25) is 0 Å². The van der Waals surface area contributed by atoms with E-state index >= 15 is 0 Å². The fraction of sp³-hybridized carbons (Fsp3) is 0.917. The third kappa shape index (κ3) is 2.94. The van der Waals surface area contributed by atoms with Gasteiger partial charge >= 0.3 is 0 Å². The summed E-state index contributed by atoms with van der Waals surface area (Å²) in [5.41, 5.74) is 5.68. The molecule has 0 spiro atoms. The molecule has 3 heteroatoms. The van der Waals surface area contributed by atoms with Crippen LogP contribution in [-0.4, -0.2) is 18.5 Å². The maximum atomic E-state index is 11.9. The Morgan fingerprint density at radius 3 is 2.40 bits per heavy atom. The topological polar surface area (TPSA) is 55.1 Å². The van der Waals surface area contributed by atoms with Gasteiger partial charge in [0.1, 0.15) is 0 Å². The van der Waals surface area contributed by atoms with Gasteiger partial charge in [0.15, 0.2) is 0 Å². The molecule has 0 saturated heterocycles. The van der Waals surface area contributed by atoms with E-state index in [1.54, 1.807) is 0 Å². The zero-order chi connectivity index (χ0) is 10.7. The maximum Gasteiger partial charge on any atom is 0.223 e. The zero-order valence-electron chi connectivity index (χ0n) is 9.37. The first-order valence-electron chi connectivity index (χ1n) is 6.31. The van der Waals surface area contributed by atoms with Gasteiger partial charge in [0.2, 0.25) is 5.91 Å². The second-order valence-corrected chi connectivity index (χ2v) is 5.02. The van der Waals surface area contributed by atoms with Crippen LogP contribution in [0.1, 0.15) is 44.9 Å². The largest absolute Gasteiger partial charge is 0.352 e. The van der Waals surface area contributed by atoms with Gasteiger partial charge in [-0.3, -0.25) is 4.79 Å². The molecule has 2 aliphatic carbocycles. The lowest BCUT2D eigenvalue weighted by atomic mass is 9.88. The molecule has 1 amide bonds. The number of amides is 1. The van der Waals surface area contributed by atoms with Crippen LogP contribution in [-0.2, 0) is 4.79 Å². The number of carbonyl (C=O) groups is 1. The average Bonchev–Trinajstić information content (AvgIpc) is 3.10. The van der Waals surface area contributed by atoms with Crippen molar-refractivity contribution < 1.29 is 4.79 Å². The quantitative estimate of drug-likeness (QED) is 0.737. The first kappa shape index (κ1) is 10.9. The lowest BCUT2D eigenvalue weighted by Gasteiger charge is -2.24. The van der Waals surface area contributed by atoms with E-state index < -0.39 is 0 Å². The number of hydrogen-bond acceptors (Lipinski definition) is 2. The Morgan fingerprint density at radius 2 is 1.87 bits per heavy atom. The van der Waals surface area contributed by atoms with E-state index in [4.69, 9.17) is 5.73 Å². The van der Waals surface area contributed by atoms with Crippen LogP contribution in [0.5, 0.6) is 0 Å². The molecule has 86 valence electrons. The molecule has 0 aromatic heterocycles. The number of nitrogens with two attached hydrogens (primary N) is 1. The number of hydrogen-bond donors (Lipinski definition) is 2. The highest BCUT2D eigenvalue weighted by molar-refractivity contribution is 5.79. The molecular formula is C12H22N2O. The second-order valence-electron chi connectivity index (χ2n) is 5.02. The smallest absolute Gasteiger partial charge is 0.223 e. The van der Waals surface area contributed by atoms with Crippen LogP contribution in [0.15, 0.2) is 0 Å². The van der Waals surface area contributed by atoms with E-state index in [0.717, 1.165) is 12.8 Å². The summed E-state index contributed by atoms with van der Waals surface area (Å²) in [6.07, 6.45) is 8.37. The number of carbonyl (C=O) groups excluding carboxylic acids is 1. The summed E-state index contributed by atoms with van der Waals surface area (Å²) in [6.45, 7) is 0.600. The van der Waals surface area contributed by atoms with E-state index in [0.29, 0.717) is 12.5 Å². The molecule has 0 aliphatic heterocycles. The normalized spacial score (nSPS) is 24.9. The van der Waals surface area contributed by atoms with Gasteiger partial charge in [-0.15, -0.1) is 0 Å². The highest BCUT2D eigenvalue weighted by atomic mass is 16.1. The van der Waals surface area contributed by atoms with E-state index in [2.05, 4.69) is 5.32 Å². The highest BCUT2D eigenvalue weighted by Gasteiger charge is 2.32. The minimum absolute atomic E-state index is 0.249. The summed E-state index contributed by atoms with van der Waals surface area (Å²) < 4.78 is 0. The summed E-state index contributed by atoms with van der Waals surface area (Å²) in [5, 5.41) is 3.13. The minimum Gasteiger partial charge on any atom is -0.352 e. The molecule has 0 aromatic rings. The van der Waals surface area contributed by atoms with Crippen molar-refractivity contribution in [2.45, 2.75) is 51.0 Å². The van der Waals surface area contributed by atoms with Crippen molar-refractivity contribution in [3.05, 3.63) is 0 Å². The molecule has 3 nitrogen and oxygen atoms in total. The fourth-order valence-electron chi connectivity index (χ4n) is 2.53. The Balaban J connectivity index is 1.78. The van der Waals surface area contributed by atoms with Gasteiger partial charge in [0.25, 0.3) is 0 Å². The van der Waals surface area contributed by atoms with Crippen molar-refractivity contribution >= 4 is 5.91 Å². The predicted octanol–water partition coefficient (Wildman–Crippen LogP) is 1.42. The van der Waals surface area contributed by atoms with Crippen molar-refractivity contribution in [1.29, 1.82) is 0 Å². The molecule has 0 bridgehead atoms. The van der Waals surface area contributed by atoms with E-state index in [1.807, 2.05) is 0 Å². The second kappa shape index (κ2) is 4.97. The molecule has 2 saturated carbocycles. The first-order valence-corrected chi connectivity index (χ1v) is 6.31. The number of nitrogens with one attached hydrogen (secondary N) is 1. The van der Waals surface area contributed by atoms with Gasteiger partial charge < -0.3 is 11.1 Å². The molecule has 0 heterocycles. The molecule has 15 heavy (non-hydrogen) atoms. The molecule has 2 rings (SSSR count). The molecular weight excluding hydrogens is 188 g/mol. The molecule has 3 N–H and O–H groups in total. The molecule has 0 radical (unpaired) electrons. The Kier molecular flexibility index (Phi) is 3.62. The lowest BCUT2D eigenvalue weighted by Crippen LogP contribution is -2.44. The standard InChI is InChI=1S/C12H22N2O/c13-8-11(9-6-7-9)14-12(15)10-4-2-1-3-5-10/h9-11H,1-8,13H2,(H,14,15). The van der Waals surface area contributed by atoms with E-state index in [-0.39, 0.29) is 17.9 Å². The van der Waals surface area contributed by atoms with Gasteiger partial charge in [-0.1, -0.05) is 19.3 Å². The summed E-state index contributed by atoms with van der Waals surface area (Å²) in [4.78, 5) is 11.9. The van der Waals surface area contributed by atoms with Crippen molar-refractivity contribution in [2.75, 3.05) is 6.54 Å². The van der Waals surface area contributed by atoms with Gasteiger partial charge in [0.05, 0.1) is 0 Å². The third-order valence-electron chi connectivity index (χ3n) is 3.75. The van der Waals surface area contributed by atoms with Gasteiger partial charge in [0, 0.05) is 18.5 Å². The Morgan fingerprint density at radius 1 is 1.20 bits per heavy atom. The van der Waals surface area contributed by atoms with Crippen LogP contribution < -0.4 is 11.1 Å². The zero-order valence-corrected chi connectivity index (χ0v) is 9.37. The van der Waals surface area contributed by atoms with Crippen molar-refractivity contribution in [3.8, 4) is 0 Å². The van der Waals surface area contributed by atoms with Crippen LogP contribution in [0.3, 0.4) is 0 Å². The van der Waals surface area contributed by atoms with Crippen molar-refractivity contribution in [3.63, 3.8) is 0 Å². The summed E-state index contributed by atoms with van der Waals surface area (Å²) in [7, 11) is 0. The summed E-state index contributed by atoms with van der Waals surface area (Å²) in [6, 6.07) is 0.249. The van der Waals surface area contributed by atoms with Gasteiger partial charge in [-0.2, -0.15) is 0 Å². The minimum atomic E-state index is 0.249. The summed E-state index contributed by atoms with van der Waals surface area (Å²) in [5.74, 6) is 1.20. The molecule has 1 unspecified atom stereocenters. The SMILES string of the molecule is NCC(NC(=O)C1CCCCC1)C1CC1.